The van der Waals surface area contributed by atoms with Crippen LogP contribution < -0.4 is 5.32 Å². The zero-order valence-corrected chi connectivity index (χ0v) is 15.8. The second-order valence-corrected chi connectivity index (χ2v) is 6.55. The van der Waals surface area contributed by atoms with E-state index in [4.69, 9.17) is 0 Å². The molecule has 0 fully saturated rings. The Balaban J connectivity index is 1.70. The van der Waals surface area contributed by atoms with E-state index < -0.39 is 23.5 Å². The van der Waals surface area contributed by atoms with Crippen LogP contribution in [0.2, 0.25) is 0 Å². The Morgan fingerprint density at radius 1 is 0.903 bits per heavy atom. The van der Waals surface area contributed by atoms with Gasteiger partial charge in [-0.25, -0.2) is 14.1 Å². The molecule has 0 bridgehead atoms. The predicted octanol–water partition coefficient (Wildman–Crippen LogP) is 5.34. The summed E-state index contributed by atoms with van der Waals surface area (Å²) in [5.74, 6) is -1.15. The number of anilines is 1. The molecule has 0 unspecified atom stereocenters. The maximum absolute atomic E-state index is 13.3. The van der Waals surface area contributed by atoms with Gasteiger partial charge in [-0.3, -0.25) is 4.79 Å². The van der Waals surface area contributed by atoms with E-state index in [-0.39, 0.29) is 11.5 Å². The highest BCUT2D eigenvalue weighted by Gasteiger charge is 2.30. The third kappa shape index (κ3) is 4.45. The van der Waals surface area contributed by atoms with Crippen LogP contribution in [0.15, 0.2) is 78.9 Å². The van der Waals surface area contributed by atoms with Crippen molar-refractivity contribution in [3.63, 3.8) is 0 Å². The van der Waals surface area contributed by atoms with Crippen LogP contribution in [-0.4, -0.2) is 20.7 Å². The number of alkyl halides is 3. The number of hydrogen-bond donors (Lipinski definition) is 1. The number of nitrogens with zero attached hydrogens (tertiary/aromatic N) is 3. The minimum absolute atomic E-state index is 0.0424. The molecule has 31 heavy (non-hydrogen) atoms. The molecule has 1 aromatic heterocycles. The predicted molar refractivity (Wildman–Crippen MR) is 106 cm³/mol. The fraction of sp³-hybridized carbons (Fsp3) is 0.0455. The summed E-state index contributed by atoms with van der Waals surface area (Å²) in [6, 6.07) is 18.6. The molecule has 1 amide bonds. The Kier molecular flexibility index (Phi) is 5.24. The lowest BCUT2D eigenvalue weighted by atomic mass is 10.2. The van der Waals surface area contributed by atoms with Crippen LogP contribution in [0.25, 0.3) is 17.1 Å². The summed E-state index contributed by atoms with van der Waals surface area (Å²) >= 11 is 0. The number of halogens is 4. The fourth-order valence-corrected chi connectivity index (χ4v) is 2.90. The Morgan fingerprint density at radius 2 is 1.61 bits per heavy atom. The molecule has 0 saturated carbocycles. The highest BCUT2D eigenvalue weighted by molar-refractivity contribution is 6.01. The summed E-state index contributed by atoms with van der Waals surface area (Å²) in [6.07, 6.45) is -4.54. The molecule has 0 aliphatic heterocycles. The maximum Gasteiger partial charge on any atom is 0.416 e. The van der Waals surface area contributed by atoms with Gasteiger partial charge in [0.05, 0.1) is 11.3 Å². The lowest BCUT2D eigenvalue weighted by Gasteiger charge is -2.08. The third-order valence-corrected chi connectivity index (χ3v) is 4.36. The van der Waals surface area contributed by atoms with Crippen LogP contribution >= 0.6 is 0 Å². The Morgan fingerprint density at radius 3 is 2.29 bits per heavy atom. The van der Waals surface area contributed by atoms with Crippen LogP contribution in [-0.2, 0) is 6.18 Å². The van der Waals surface area contributed by atoms with Gasteiger partial charge in [0.2, 0.25) is 5.82 Å². The van der Waals surface area contributed by atoms with Crippen molar-refractivity contribution in [3.8, 4) is 17.1 Å². The molecule has 0 aliphatic rings. The van der Waals surface area contributed by atoms with Crippen LogP contribution in [0.5, 0.6) is 0 Å². The molecule has 0 radical (unpaired) electrons. The largest absolute Gasteiger partial charge is 0.416 e. The standard InChI is InChI=1S/C22H14F4N4O/c23-16-9-11-18(12-10-16)30-20(14-5-2-1-3-6-14)28-19(29-30)21(31)27-17-8-4-7-15(13-17)22(24,25)26/h1-13H,(H,27,31). The highest BCUT2D eigenvalue weighted by Crippen LogP contribution is 2.30. The molecule has 156 valence electrons. The lowest BCUT2D eigenvalue weighted by Crippen LogP contribution is -2.15. The quantitative estimate of drug-likeness (QED) is 0.448. The Bertz CT molecular complexity index is 1220. The van der Waals surface area contributed by atoms with E-state index in [2.05, 4.69) is 15.4 Å². The normalized spacial score (nSPS) is 11.4. The Labute approximate surface area is 174 Å². The number of carbonyl (C=O) groups is 1. The van der Waals surface area contributed by atoms with Crippen LogP contribution in [0.4, 0.5) is 23.2 Å². The second-order valence-electron chi connectivity index (χ2n) is 6.55. The summed E-state index contributed by atoms with van der Waals surface area (Å²) in [5, 5.41) is 6.59. The minimum Gasteiger partial charge on any atom is -0.319 e. The number of hydrogen-bond acceptors (Lipinski definition) is 3. The number of rotatable bonds is 4. The molecule has 0 atom stereocenters. The van der Waals surface area contributed by atoms with E-state index in [0.29, 0.717) is 17.1 Å². The molecular weight excluding hydrogens is 412 g/mol. The van der Waals surface area contributed by atoms with Crippen molar-refractivity contribution in [2.45, 2.75) is 6.18 Å². The highest BCUT2D eigenvalue weighted by atomic mass is 19.4. The van der Waals surface area contributed by atoms with Gasteiger partial charge in [-0.15, -0.1) is 5.10 Å². The number of benzene rings is 3. The average Bonchev–Trinajstić information content (AvgIpc) is 3.20. The fourth-order valence-electron chi connectivity index (χ4n) is 2.90. The van der Waals surface area contributed by atoms with Gasteiger partial charge in [0, 0.05) is 11.3 Å². The van der Waals surface area contributed by atoms with Gasteiger partial charge in [-0.2, -0.15) is 13.2 Å². The molecule has 3 aromatic carbocycles. The zero-order valence-electron chi connectivity index (χ0n) is 15.8. The van der Waals surface area contributed by atoms with Crippen molar-refractivity contribution < 1.29 is 22.4 Å². The lowest BCUT2D eigenvalue weighted by molar-refractivity contribution is -0.137. The van der Waals surface area contributed by atoms with Gasteiger partial charge in [-0.05, 0) is 42.5 Å². The van der Waals surface area contributed by atoms with E-state index in [9.17, 15) is 22.4 Å². The monoisotopic (exact) mass is 426 g/mol. The van der Waals surface area contributed by atoms with Crippen LogP contribution in [0, 0.1) is 5.82 Å². The smallest absolute Gasteiger partial charge is 0.319 e. The van der Waals surface area contributed by atoms with Crippen molar-refractivity contribution in [1.82, 2.24) is 14.8 Å². The van der Waals surface area contributed by atoms with Crippen molar-refractivity contribution in [1.29, 1.82) is 0 Å². The third-order valence-electron chi connectivity index (χ3n) is 4.36. The molecule has 9 heteroatoms. The SMILES string of the molecule is O=C(Nc1cccc(C(F)(F)F)c1)c1nc(-c2ccccc2)n(-c2ccc(F)cc2)n1. The molecule has 4 aromatic rings. The Hall–Kier alpha value is -4.01. The van der Waals surface area contributed by atoms with E-state index in [1.165, 1.54) is 41.1 Å². The molecule has 1 N–H and O–H groups in total. The van der Waals surface area contributed by atoms with Crippen LogP contribution in [0.3, 0.4) is 0 Å². The molecular formula is C22H14F4N4O. The van der Waals surface area contributed by atoms with Gasteiger partial charge >= 0.3 is 6.18 Å². The van der Waals surface area contributed by atoms with Crippen molar-refractivity contribution in [2.75, 3.05) is 5.32 Å². The molecule has 1 heterocycles. The van der Waals surface area contributed by atoms with Gasteiger partial charge < -0.3 is 5.32 Å². The van der Waals surface area contributed by atoms with E-state index in [1.54, 1.807) is 24.3 Å². The van der Waals surface area contributed by atoms with Crippen molar-refractivity contribution in [3.05, 3.63) is 96.1 Å². The van der Waals surface area contributed by atoms with Gasteiger partial charge in [0.1, 0.15) is 5.82 Å². The number of amides is 1. The first-order valence-corrected chi connectivity index (χ1v) is 9.08. The molecule has 0 aliphatic carbocycles. The van der Waals surface area contributed by atoms with E-state index in [1.807, 2.05) is 6.07 Å². The summed E-state index contributed by atoms with van der Waals surface area (Å²) in [4.78, 5) is 16.9. The van der Waals surface area contributed by atoms with Crippen molar-refractivity contribution in [2.24, 2.45) is 0 Å². The molecule has 5 nitrogen and oxygen atoms in total. The summed E-state index contributed by atoms with van der Waals surface area (Å²) < 4.78 is 53.5. The average molecular weight is 426 g/mol. The second kappa shape index (κ2) is 8.02. The maximum atomic E-state index is 13.3. The molecule has 0 spiro atoms. The topological polar surface area (TPSA) is 59.8 Å². The first-order chi connectivity index (χ1) is 14.8. The minimum atomic E-state index is -4.54. The number of carbonyl (C=O) groups excluding carboxylic acids is 1. The zero-order chi connectivity index (χ0) is 22.0. The first-order valence-electron chi connectivity index (χ1n) is 9.08. The van der Waals surface area contributed by atoms with Gasteiger partial charge in [-0.1, -0.05) is 36.4 Å². The van der Waals surface area contributed by atoms with E-state index in [0.717, 1.165) is 12.1 Å². The summed E-state index contributed by atoms with van der Waals surface area (Å²) in [7, 11) is 0. The van der Waals surface area contributed by atoms with Crippen LogP contribution in [0.1, 0.15) is 16.2 Å². The molecule has 4 rings (SSSR count). The van der Waals surface area contributed by atoms with Crippen molar-refractivity contribution >= 4 is 11.6 Å². The summed E-state index contributed by atoms with van der Waals surface area (Å²) in [6.45, 7) is 0. The van der Waals surface area contributed by atoms with Gasteiger partial charge in [0.25, 0.3) is 5.91 Å². The summed E-state index contributed by atoms with van der Waals surface area (Å²) in [5.41, 5.74) is 0.183. The van der Waals surface area contributed by atoms with Gasteiger partial charge in [0.15, 0.2) is 5.82 Å². The number of nitrogens with one attached hydrogen (secondary N) is 1. The molecule has 0 saturated heterocycles. The first kappa shape index (κ1) is 20.3. The number of aromatic nitrogens is 3. The van der Waals surface area contributed by atoms with E-state index >= 15 is 0 Å².